The van der Waals surface area contributed by atoms with Crippen molar-refractivity contribution in [1.82, 2.24) is 41.2 Å². The smallest absolute Gasteiger partial charge is 0.0898 e. The molecule has 6 atom stereocenters. The Morgan fingerprint density at radius 3 is 2.03 bits per heavy atom. The normalized spacial score (nSPS) is 24.2. The summed E-state index contributed by atoms with van der Waals surface area (Å²) in [6.07, 6.45) is 45.2. The van der Waals surface area contributed by atoms with Gasteiger partial charge in [0.05, 0.1) is 86.8 Å². The average Bonchev–Trinajstić information content (AvgIpc) is 3.34. The quantitative estimate of drug-likeness (QED) is 0.0771. The highest BCUT2D eigenvalue weighted by Crippen LogP contribution is 2.36. The van der Waals surface area contributed by atoms with E-state index in [1.54, 1.807) is 6.20 Å². The van der Waals surface area contributed by atoms with Crippen LogP contribution in [0.1, 0.15) is 47.6 Å². The molecule has 1 saturated carbocycles. The van der Waals surface area contributed by atoms with Crippen molar-refractivity contribution in [2.75, 3.05) is 0 Å². The lowest BCUT2D eigenvalue weighted by Gasteiger charge is -2.32. The van der Waals surface area contributed by atoms with Crippen LogP contribution in [0.2, 0.25) is 0 Å². The van der Waals surface area contributed by atoms with Crippen molar-refractivity contribution in [3.05, 3.63) is 229 Å². The topological polar surface area (TPSA) is 152 Å². The van der Waals surface area contributed by atoms with Crippen LogP contribution in [0.25, 0.3) is 34.2 Å². The maximum absolute atomic E-state index is 6.67. The first-order valence-electron chi connectivity index (χ1n) is 21.2. The summed E-state index contributed by atoms with van der Waals surface area (Å²) in [7, 11) is 0. The first kappa shape index (κ1) is 39.7. The van der Waals surface area contributed by atoms with E-state index in [9.17, 15) is 0 Å². The SMILES string of the molecule is N/C=C\C=C/C1CCC1/C=C\C=C(/N)c1cccc(-c2cc(C3C=CC=C(C4=CC=CC(C5C=CC=CN5)N4)N3)cc(-c3cccc(C4=CC=CC(c5ccccn5)N4)n3)n2)n1. The van der Waals surface area contributed by atoms with E-state index in [1.165, 1.54) is 6.42 Å². The molecule has 62 heavy (non-hydrogen) atoms. The number of pyridine rings is 4. The van der Waals surface area contributed by atoms with Gasteiger partial charge >= 0.3 is 0 Å². The van der Waals surface area contributed by atoms with Gasteiger partial charge in [0.25, 0.3) is 0 Å². The van der Waals surface area contributed by atoms with E-state index in [4.69, 9.17) is 26.4 Å². The minimum Gasteiger partial charge on any atom is -0.405 e. The lowest BCUT2D eigenvalue weighted by atomic mass is 9.73. The Labute approximate surface area is 363 Å². The maximum atomic E-state index is 6.67. The van der Waals surface area contributed by atoms with Gasteiger partial charge in [-0.05, 0) is 128 Å². The van der Waals surface area contributed by atoms with Crippen molar-refractivity contribution >= 4 is 11.4 Å². The Hall–Kier alpha value is -7.72. The summed E-state index contributed by atoms with van der Waals surface area (Å²) in [5.74, 6) is 0.988. The van der Waals surface area contributed by atoms with E-state index in [0.29, 0.717) is 34.6 Å². The third kappa shape index (κ3) is 9.19. The fourth-order valence-electron chi connectivity index (χ4n) is 8.06. The van der Waals surface area contributed by atoms with Crippen LogP contribution in [0.15, 0.2) is 206 Å². The molecule has 6 unspecified atom stereocenters. The third-order valence-corrected chi connectivity index (χ3v) is 11.6. The highest BCUT2D eigenvalue weighted by Gasteiger charge is 2.26. The Kier molecular flexibility index (Phi) is 12.0. The van der Waals surface area contributed by atoms with E-state index in [-0.39, 0.29) is 24.2 Å². The number of allylic oxidation sites excluding steroid dienone is 14. The molecule has 308 valence electrons. The summed E-state index contributed by atoms with van der Waals surface area (Å²) < 4.78 is 0. The van der Waals surface area contributed by atoms with Crippen LogP contribution >= 0.6 is 0 Å². The Balaban J connectivity index is 1.01. The van der Waals surface area contributed by atoms with Gasteiger partial charge < -0.3 is 32.7 Å². The van der Waals surface area contributed by atoms with E-state index in [1.807, 2.05) is 103 Å². The van der Waals surface area contributed by atoms with Crippen LogP contribution in [0.5, 0.6) is 0 Å². The summed E-state index contributed by atoms with van der Waals surface area (Å²) in [6, 6.07) is 22.1. The maximum Gasteiger partial charge on any atom is 0.0898 e. The van der Waals surface area contributed by atoms with Gasteiger partial charge in [-0.2, -0.15) is 0 Å². The summed E-state index contributed by atoms with van der Waals surface area (Å²) in [6.45, 7) is 0. The van der Waals surface area contributed by atoms with Crippen molar-refractivity contribution in [3.63, 3.8) is 0 Å². The molecule has 1 aliphatic carbocycles. The average molecular weight is 815 g/mol. The third-order valence-electron chi connectivity index (χ3n) is 11.6. The Morgan fingerprint density at radius 1 is 0.597 bits per heavy atom. The number of aromatic nitrogens is 4. The number of hydrogen-bond donors (Lipinski definition) is 6. The molecule has 10 nitrogen and oxygen atoms in total. The summed E-state index contributed by atoms with van der Waals surface area (Å²) in [5.41, 5.74) is 22.0. The van der Waals surface area contributed by atoms with Crippen LogP contribution in [0, 0.1) is 11.8 Å². The minimum absolute atomic E-state index is 0.0698. The molecule has 0 aromatic carbocycles. The van der Waals surface area contributed by atoms with Crippen molar-refractivity contribution in [1.29, 1.82) is 0 Å². The van der Waals surface area contributed by atoms with Gasteiger partial charge in [0.1, 0.15) is 0 Å². The van der Waals surface area contributed by atoms with Crippen LogP contribution in [0.4, 0.5) is 0 Å². The fraction of sp³-hybridized carbons (Fsp3) is 0.154. The lowest BCUT2D eigenvalue weighted by Crippen LogP contribution is -2.46. The Bertz CT molecular complexity index is 2660. The molecule has 4 aliphatic heterocycles. The van der Waals surface area contributed by atoms with Gasteiger partial charge in [0.2, 0.25) is 0 Å². The van der Waals surface area contributed by atoms with Gasteiger partial charge in [0.15, 0.2) is 0 Å². The fourth-order valence-corrected chi connectivity index (χ4v) is 8.06. The molecule has 0 amide bonds. The number of nitrogens with zero attached hydrogens (tertiary/aromatic N) is 4. The predicted molar refractivity (Wildman–Crippen MR) is 250 cm³/mol. The second kappa shape index (κ2) is 18.7. The summed E-state index contributed by atoms with van der Waals surface area (Å²) >= 11 is 0. The molecule has 5 aliphatic rings. The zero-order chi connectivity index (χ0) is 42.1. The van der Waals surface area contributed by atoms with E-state index >= 15 is 0 Å². The number of dihydropyridines is 4. The van der Waals surface area contributed by atoms with Crippen LogP contribution < -0.4 is 32.7 Å². The molecule has 0 radical (unpaired) electrons. The standard InChI is InChI=1S/C52H50N10/c53-30-4-1-13-35-28-29-36(35)14-7-15-38(54)40-19-9-26-49(58-40)51-33-37(39-18-8-22-45(57-39)46-23-10-20-43(59-46)41-16-2-5-31-55-41)34-52(62-51)50-27-12-25-48(61-50)47-24-11-21-44(60-47)42-17-3-6-32-56-42/h1-27,30-36,39,41,43-44,55,57,59-60H,28-29,53-54H2/b13-1-,14-7-,30-4-,38-15-. The zero-order valence-electron chi connectivity index (χ0n) is 34.3. The molecule has 1 fully saturated rings. The van der Waals surface area contributed by atoms with Crippen molar-refractivity contribution < 1.29 is 0 Å². The first-order chi connectivity index (χ1) is 30.6. The zero-order valence-corrected chi connectivity index (χ0v) is 34.3. The monoisotopic (exact) mass is 814 g/mol. The van der Waals surface area contributed by atoms with Gasteiger partial charge in [-0.3, -0.25) is 4.98 Å². The number of hydrogen-bond acceptors (Lipinski definition) is 10. The lowest BCUT2D eigenvalue weighted by molar-refractivity contribution is 0.286. The molecule has 8 heterocycles. The summed E-state index contributed by atoms with van der Waals surface area (Å²) in [5, 5.41) is 14.6. The van der Waals surface area contributed by atoms with Crippen molar-refractivity contribution in [2.45, 2.75) is 37.0 Å². The van der Waals surface area contributed by atoms with E-state index in [2.05, 4.69) is 111 Å². The largest absolute Gasteiger partial charge is 0.405 e. The number of rotatable bonds is 12. The molecule has 0 saturated heterocycles. The van der Waals surface area contributed by atoms with Gasteiger partial charge in [-0.25, -0.2) is 15.0 Å². The van der Waals surface area contributed by atoms with E-state index in [0.717, 1.165) is 51.9 Å². The Morgan fingerprint density at radius 2 is 1.27 bits per heavy atom. The molecular formula is C52H50N10. The van der Waals surface area contributed by atoms with Gasteiger partial charge in [-0.15, -0.1) is 0 Å². The van der Waals surface area contributed by atoms with Crippen LogP contribution in [-0.2, 0) is 0 Å². The molecule has 4 aromatic rings. The molecule has 8 N–H and O–H groups in total. The van der Waals surface area contributed by atoms with Crippen LogP contribution in [0.3, 0.4) is 0 Å². The molecule has 9 rings (SSSR count). The highest BCUT2D eigenvalue weighted by atomic mass is 15.1. The molecule has 0 spiro atoms. The first-order valence-corrected chi connectivity index (χ1v) is 21.2. The summed E-state index contributed by atoms with van der Waals surface area (Å²) in [4.78, 5) is 20.0. The van der Waals surface area contributed by atoms with Crippen molar-refractivity contribution in [2.24, 2.45) is 23.3 Å². The second-order valence-electron chi connectivity index (χ2n) is 15.7. The van der Waals surface area contributed by atoms with Gasteiger partial charge in [-0.1, -0.05) is 91.1 Å². The van der Waals surface area contributed by atoms with E-state index < -0.39 is 0 Å². The van der Waals surface area contributed by atoms with Gasteiger partial charge in [0, 0.05) is 6.20 Å². The number of nitrogens with two attached hydrogens (primary N) is 2. The van der Waals surface area contributed by atoms with Crippen LogP contribution in [-0.4, -0.2) is 32.0 Å². The second-order valence-corrected chi connectivity index (χ2v) is 15.7. The molecule has 4 aromatic heterocycles. The van der Waals surface area contributed by atoms with Crippen molar-refractivity contribution in [3.8, 4) is 22.8 Å². The minimum atomic E-state index is -0.164. The number of nitrogens with one attached hydrogen (secondary N) is 4. The molecular weight excluding hydrogens is 765 g/mol. The molecule has 10 heteroatoms. The predicted octanol–water partition coefficient (Wildman–Crippen LogP) is 8.29. The molecule has 0 bridgehead atoms. The highest BCUT2D eigenvalue weighted by molar-refractivity contribution is 5.70.